The molecule has 0 aliphatic carbocycles. The highest BCUT2D eigenvalue weighted by Crippen LogP contribution is 2.26. The topological polar surface area (TPSA) is 12.5 Å². The largest absolute Gasteiger partial charge is 0.370 e. The zero-order chi connectivity index (χ0) is 15.1. The van der Waals surface area contributed by atoms with Crippen LogP contribution in [0.1, 0.15) is 90.9 Å². The van der Waals surface area contributed by atoms with Crippen molar-refractivity contribution < 1.29 is 4.74 Å². The molecule has 0 amide bonds. The van der Waals surface area contributed by atoms with Gasteiger partial charge in [0.2, 0.25) is 0 Å². The SMILES string of the molecule is C=CCl.CCCCCCCCCCCCCC1OC1C. The Labute approximate surface area is 132 Å². The highest BCUT2D eigenvalue weighted by atomic mass is 35.5. The van der Waals surface area contributed by atoms with Gasteiger partial charge in [-0.3, -0.25) is 0 Å². The van der Waals surface area contributed by atoms with E-state index in [0.29, 0.717) is 12.2 Å². The lowest BCUT2D eigenvalue weighted by molar-refractivity contribution is 0.364. The first kappa shape index (κ1) is 20.0. The van der Waals surface area contributed by atoms with Crippen molar-refractivity contribution in [2.45, 2.75) is 103 Å². The number of halogens is 1. The van der Waals surface area contributed by atoms with Crippen LogP contribution in [0.15, 0.2) is 12.1 Å². The minimum absolute atomic E-state index is 0.568. The van der Waals surface area contributed by atoms with Crippen molar-refractivity contribution in [2.24, 2.45) is 0 Å². The van der Waals surface area contributed by atoms with E-state index >= 15 is 0 Å². The van der Waals surface area contributed by atoms with E-state index in [-0.39, 0.29) is 0 Å². The van der Waals surface area contributed by atoms with Crippen LogP contribution in [-0.4, -0.2) is 12.2 Å². The number of unbranched alkanes of at least 4 members (excludes halogenated alkanes) is 10. The Hall–Kier alpha value is -0.0100. The van der Waals surface area contributed by atoms with Crippen LogP contribution in [0, 0.1) is 0 Å². The van der Waals surface area contributed by atoms with E-state index in [1.54, 1.807) is 0 Å². The van der Waals surface area contributed by atoms with Crippen LogP contribution >= 0.6 is 11.6 Å². The zero-order valence-corrected chi connectivity index (χ0v) is 14.5. The second-order valence-corrected chi connectivity index (χ2v) is 6.17. The van der Waals surface area contributed by atoms with E-state index in [1.165, 1.54) is 82.6 Å². The van der Waals surface area contributed by atoms with E-state index in [9.17, 15) is 0 Å². The second kappa shape index (κ2) is 15.4. The first-order valence-corrected chi connectivity index (χ1v) is 9.06. The zero-order valence-electron chi connectivity index (χ0n) is 13.7. The van der Waals surface area contributed by atoms with Gasteiger partial charge in [0.05, 0.1) is 12.2 Å². The first-order chi connectivity index (χ1) is 9.76. The normalized spacial score (nSPS) is 20.1. The summed E-state index contributed by atoms with van der Waals surface area (Å²) >= 11 is 4.76. The van der Waals surface area contributed by atoms with Gasteiger partial charge in [-0.25, -0.2) is 0 Å². The van der Waals surface area contributed by atoms with Crippen LogP contribution in [0.5, 0.6) is 0 Å². The molecule has 0 bridgehead atoms. The second-order valence-electron chi connectivity index (χ2n) is 5.86. The third-order valence-electron chi connectivity index (χ3n) is 3.93. The average Bonchev–Trinajstić information content (AvgIpc) is 3.13. The molecule has 2 atom stereocenters. The van der Waals surface area contributed by atoms with Crippen molar-refractivity contribution in [1.82, 2.24) is 0 Å². The fourth-order valence-electron chi connectivity index (χ4n) is 2.54. The Kier molecular flexibility index (Phi) is 15.4. The van der Waals surface area contributed by atoms with E-state index < -0.39 is 0 Å². The Balaban J connectivity index is 0.00000110. The summed E-state index contributed by atoms with van der Waals surface area (Å²) in [6.45, 7) is 7.60. The lowest BCUT2D eigenvalue weighted by Gasteiger charge is -2.02. The van der Waals surface area contributed by atoms with E-state index in [4.69, 9.17) is 16.3 Å². The third kappa shape index (κ3) is 14.4. The third-order valence-corrected chi connectivity index (χ3v) is 3.93. The highest BCUT2D eigenvalue weighted by Gasteiger charge is 2.32. The van der Waals surface area contributed by atoms with Crippen LogP contribution < -0.4 is 0 Å². The first-order valence-electron chi connectivity index (χ1n) is 8.62. The Morgan fingerprint density at radius 2 is 1.25 bits per heavy atom. The van der Waals surface area contributed by atoms with Crippen molar-refractivity contribution in [2.75, 3.05) is 0 Å². The van der Waals surface area contributed by atoms with Crippen LogP contribution in [0.25, 0.3) is 0 Å². The fraction of sp³-hybridized carbons (Fsp3) is 0.889. The minimum atomic E-state index is 0.568. The van der Waals surface area contributed by atoms with Gasteiger partial charge in [0.15, 0.2) is 0 Å². The molecule has 1 aliphatic rings. The summed E-state index contributed by atoms with van der Waals surface area (Å²) in [5.74, 6) is 0. The highest BCUT2D eigenvalue weighted by molar-refractivity contribution is 6.25. The van der Waals surface area contributed by atoms with E-state index in [2.05, 4.69) is 20.4 Å². The summed E-state index contributed by atoms with van der Waals surface area (Å²) in [5, 5.41) is 0. The molecule has 1 aliphatic heterocycles. The maximum absolute atomic E-state index is 5.41. The van der Waals surface area contributed by atoms with Crippen molar-refractivity contribution in [1.29, 1.82) is 0 Å². The van der Waals surface area contributed by atoms with Crippen LogP contribution in [0.3, 0.4) is 0 Å². The van der Waals surface area contributed by atoms with Gasteiger partial charge in [0, 0.05) is 0 Å². The molecule has 2 heteroatoms. The monoisotopic (exact) mass is 302 g/mol. The molecule has 2 unspecified atom stereocenters. The lowest BCUT2D eigenvalue weighted by atomic mass is 10.0. The van der Waals surface area contributed by atoms with Crippen LogP contribution in [0.2, 0.25) is 0 Å². The van der Waals surface area contributed by atoms with E-state index in [0.717, 1.165) is 0 Å². The van der Waals surface area contributed by atoms with Crippen molar-refractivity contribution >= 4 is 11.6 Å². The van der Waals surface area contributed by atoms with Gasteiger partial charge in [0.1, 0.15) is 0 Å². The summed E-state index contributed by atoms with van der Waals surface area (Å²) in [6, 6.07) is 0. The molecule has 120 valence electrons. The number of ether oxygens (including phenoxy) is 1. The minimum Gasteiger partial charge on any atom is -0.370 e. The number of rotatable bonds is 12. The smallest absolute Gasteiger partial charge is 0.0839 e. The summed E-state index contributed by atoms with van der Waals surface area (Å²) in [4.78, 5) is 0. The predicted octanol–water partition coefficient (Wildman–Crippen LogP) is 6.84. The lowest BCUT2D eigenvalue weighted by Crippen LogP contribution is -1.89. The molecular formula is C18H35ClO. The molecule has 0 saturated carbocycles. The molecule has 20 heavy (non-hydrogen) atoms. The summed E-state index contributed by atoms with van der Waals surface area (Å²) in [7, 11) is 0. The molecule has 0 spiro atoms. The van der Waals surface area contributed by atoms with Crippen LogP contribution in [0.4, 0.5) is 0 Å². The average molecular weight is 303 g/mol. The van der Waals surface area contributed by atoms with Crippen LogP contribution in [-0.2, 0) is 4.74 Å². The Morgan fingerprint density at radius 1 is 0.900 bits per heavy atom. The van der Waals surface area contributed by atoms with Gasteiger partial charge >= 0.3 is 0 Å². The molecule has 0 N–H and O–H groups in total. The molecule has 1 heterocycles. The van der Waals surface area contributed by atoms with Gasteiger partial charge < -0.3 is 4.74 Å². The molecule has 0 radical (unpaired) electrons. The molecule has 0 aromatic rings. The number of hydrogen-bond donors (Lipinski definition) is 0. The van der Waals surface area contributed by atoms with Crippen molar-refractivity contribution in [3.63, 3.8) is 0 Å². The molecule has 1 saturated heterocycles. The number of epoxide rings is 1. The van der Waals surface area contributed by atoms with Gasteiger partial charge in [-0.15, -0.1) is 0 Å². The molecule has 1 nitrogen and oxygen atoms in total. The van der Waals surface area contributed by atoms with Crippen molar-refractivity contribution in [3.8, 4) is 0 Å². The quantitative estimate of drug-likeness (QED) is 0.284. The van der Waals surface area contributed by atoms with Gasteiger partial charge in [0.25, 0.3) is 0 Å². The molecular weight excluding hydrogens is 268 g/mol. The molecule has 1 fully saturated rings. The maximum Gasteiger partial charge on any atom is 0.0839 e. The summed E-state index contributed by atoms with van der Waals surface area (Å²) in [5.41, 5.74) is 1.22. The predicted molar refractivity (Wildman–Crippen MR) is 91.5 cm³/mol. The Morgan fingerprint density at radius 3 is 1.60 bits per heavy atom. The molecule has 0 aromatic heterocycles. The summed E-state index contributed by atoms with van der Waals surface area (Å²) < 4.78 is 5.41. The van der Waals surface area contributed by atoms with Gasteiger partial charge in [-0.05, 0) is 18.9 Å². The maximum atomic E-state index is 5.41. The molecule has 1 rings (SSSR count). The summed E-state index contributed by atoms with van der Waals surface area (Å²) in [6.07, 6.45) is 18.3. The molecule has 0 aromatic carbocycles. The fourth-order valence-corrected chi connectivity index (χ4v) is 2.54. The standard InChI is InChI=1S/C16H32O.C2H3Cl/c1-3-4-5-6-7-8-9-10-11-12-13-14-16-15(2)17-16;1-2-3/h15-16H,3-14H2,1-2H3;2H,1H2. The van der Waals surface area contributed by atoms with E-state index in [1.807, 2.05) is 0 Å². The number of hydrogen-bond acceptors (Lipinski definition) is 1. The van der Waals surface area contributed by atoms with Gasteiger partial charge in [-0.2, -0.15) is 0 Å². The van der Waals surface area contributed by atoms with Crippen molar-refractivity contribution in [3.05, 3.63) is 12.1 Å². The van der Waals surface area contributed by atoms with Gasteiger partial charge in [-0.1, -0.05) is 95.7 Å². The Bertz CT molecular complexity index is 206.